The Hall–Kier alpha value is -2.62. The molecule has 106 valence electrons. The fourth-order valence-corrected chi connectivity index (χ4v) is 2.49. The van der Waals surface area contributed by atoms with Crippen molar-refractivity contribution in [2.24, 2.45) is 0 Å². The molecular weight excluding hydrogens is 264 g/mol. The average molecular weight is 280 g/mol. The minimum atomic E-state index is -0.0864. The molecular formula is C17H16N2O2. The molecule has 0 aromatic heterocycles. The van der Waals surface area contributed by atoms with Gasteiger partial charge in [0, 0.05) is 24.3 Å². The molecule has 0 bridgehead atoms. The van der Waals surface area contributed by atoms with Crippen molar-refractivity contribution in [3.8, 4) is 0 Å². The van der Waals surface area contributed by atoms with Crippen molar-refractivity contribution in [3.05, 3.63) is 66.2 Å². The number of piperazine rings is 1. The van der Waals surface area contributed by atoms with Gasteiger partial charge in [-0.3, -0.25) is 9.59 Å². The van der Waals surface area contributed by atoms with Gasteiger partial charge in [0.05, 0.1) is 0 Å². The van der Waals surface area contributed by atoms with E-state index in [0.717, 1.165) is 5.69 Å². The van der Waals surface area contributed by atoms with E-state index in [-0.39, 0.29) is 18.4 Å². The fraction of sp³-hybridized carbons (Fsp3) is 0.176. The molecule has 0 aliphatic carbocycles. The fourth-order valence-electron chi connectivity index (χ4n) is 2.49. The van der Waals surface area contributed by atoms with Gasteiger partial charge in [-0.15, -0.1) is 0 Å². The lowest BCUT2D eigenvalue weighted by Crippen LogP contribution is -2.52. The van der Waals surface area contributed by atoms with Gasteiger partial charge < -0.3 is 9.80 Å². The number of benzene rings is 2. The summed E-state index contributed by atoms with van der Waals surface area (Å²) >= 11 is 0. The van der Waals surface area contributed by atoms with Crippen LogP contribution in [-0.2, 0) is 4.79 Å². The molecule has 1 saturated heterocycles. The summed E-state index contributed by atoms with van der Waals surface area (Å²) in [5.41, 5.74) is 1.51. The van der Waals surface area contributed by atoms with Crippen molar-refractivity contribution < 1.29 is 9.59 Å². The lowest BCUT2D eigenvalue weighted by Gasteiger charge is -2.34. The highest BCUT2D eigenvalue weighted by atomic mass is 16.2. The molecule has 1 aliphatic rings. The summed E-state index contributed by atoms with van der Waals surface area (Å²) < 4.78 is 0. The first-order valence-electron chi connectivity index (χ1n) is 6.95. The summed E-state index contributed by atoms with van der Waals surface area (Å²) in [5.74, 6) is -0.131. The van der Waals surface area contributed by atoms with E-state index in [4.69, 9.17) is 0 Å². The van der Waals surface area contributed by atoms with Crippen molar-refractivity contribution in [2.45, 2.75) is 0 Å². The predicted octanol–water partition coefficient (Wildman–Crippen LogP) is 2.18. The van der Waals surface area contributed by atoms with Crippen LogP contribution in [0.1, 0.15) is 10.4 Å². The largest absolute Gasteiger partial charge is 0.328 e. The first kappa shape index (κ1) is 13.4. The Labute approximate surface area is 123 Å². The van der Waals surface area contributed by atoms with Crippen molar-refractivity contribution >= 4 is 17.5 Å². The Kier molecular flexibility index (Phi) is 3.69. The molecule has 2 amide bonds. The zero-order valence-electron chi connectivity index (χ0n) is 11.6. The summed E-state index contributed by atoms with van der Waals surface area (Å²) in [6.07, 6.45) is 0. The van der Waals surface area contributed by atoms with Crippen molar-refractivity contribution in [1.29, 1.82) is 0 Å². The highest BCUT2D eigenvalue weighted by Gasteiger charge is 2.28. The Bertz CT molecular complexity index is 640. The van der Waals surface area contributed by atoms with Gasteiger partial charge >= 0.3 is 0 Å². The van der Waals surface area contributed by atoms with Gasteiger partial charge in [-0.05, 0) is 24.3 Å². The van der Waals surface area contributed by atoms with E-state index in [9.17, 15) is 9.59 Å². The second kappa shape index (κ2) is 5.79. The van der Waals surface area contributed by atoms with E-state index < -0.39 is 0 Å². The lowest BCUT2D eigenvalue weighted by molar-refractivity contribution is -0.120. The van der Waals surface area contributed by atoms with E-state index in [2.05, 4.69) is 0 Å². The van der Waals surface area contributed by atoms with Crippen LogP contribution in [-0.4, -0.2) is 36.3 Å². The molecule has 21 heavy (non-hydrogen) atoms. The molecule has 4 heteroatoms. The van der Waals surface area contributed by atoms with Gasteiger partial charge in [-0.2, -0.15) is 0 Å². The van der Waals surface area contributed by atoms with Crippen LogP contribution in [0.3, 0.4) is 0 Å². The minimum Gasteiger partial charge on any atom is -0.328 e. The quantitative estimate of drug-likeness (QED) is 0.846. The topological polar surface area (TPSA) is 40.6 Å². The number of hydrogen-bond donors (Lipinski definition) is 0. The Balaban J connectivity index is 1.72. The van der Waals surface area contributed by atoms with Crippen LogP contribution < -0.4 is 4.90 Å². The molecule has 0 atom stereocenters. The average Bonchev–Trinajstić information content (AvgIpc) is 2.55. The van der Waals surface area contributed by atoms with Gasteiger partial charge in [0.1, 0.15) is 6.54 Å². The number of hydrogen-bond acceptors (Lipinski definition) is 2. The lowest BCUT2D eigenvalue weighted by atomic mass is 10.1. The Morgan fingerprint density at radius 3 is 2.10 bits per heavy atom. The van der Waals surface area contributed by atoms with Crippen LogP contribution in [0.15, 0.2) is 60.7 Å². The standard InChI is InChI=1S/C17H16N2O2/c20-16-13-18(17(21)14-7-3-1-4-8-14)11-12-19(16)15-9-5-2-6-10-15/h1-10H,11-13H2. The molecule has 0 radical (unpaired) electrons. The van der Waals surface area contributed by atoms with E-state index in [1.165, 1.54) is 0 Å². The monoisotopic (exact) mass is 280 g/mol. The van der Waals surface area contributed by atoms with Crippen molar-refractivity contribution in [2.75, 3.05) is 24.5 Å². The van der Waals surface area contributed by atoms with Gasteiger partial charge in [-0.1, -0.05) is 36.4 Å². The zero-order chi connectivity index (χ0) is 14.7. The van der Waals surface area contributed by atoms with E-state index >= 15 is 0 Å². The Morgan fingerprint density at radius 2 is 1.48 bits per heavy atom. The number of rotatable bonds is 2. The third-order valence-corrected chi connectivity index (χ3v) is 3.60. The third kappa shape index (κ3) is 2.79. The van der Waals surface area contributed by atoms with Gasteiger partial charge in [0.15, 0.2) is 0 Å². The second-order valence-corrected chi connectivity index (χ2v) is 4.97. The van der Waals surface area contributed by atoms with Crippen LogP contribution in [0.4, 0.5) is 5.69 Å². The SMILES string of the molecule is O=C(c1ccccc1)N1CCN(c2ccccc2)C(=O)C1. The molecule has 3 rings (SSSR count). The number of nitrogens with zero attached hydrogens (tertiary/aromatic N) is 2. The number of amides is 2. The first-order chi connectivity index (χ1) is 10.3. The molecule has 1 aliphatic heterocycles. The summed E-state index contributed by atoms with van der Waals surface area (Å²) in [4.78, 5) is 28.0. The third-order valence-electron chi connectivity index (χ3n) is 3.60. The number of carbonyl (C=O) groups is 2. The highest BCUT2D eigenvalue weighted by Crippen LogP contribution is 2.17. The van der Waals surface area contributed by atoms with Crippen molar-refractivity contribution in [3.63, 3.8) is 0 Å². The van der Waals surface area contributed by atoms with Crippen LogP contribution in [0.25, 0.3) is 0 Å². The van der Waals surface area contributed by atoms with Crippen LogP contribution in [0, 0.1) is 0 Å². The smallest absolute Gasteiger partial charge is 0.254 e. The molecule has 0 N–H and O–H groups in total. The first-order valence-corrected chi connectivity index (χ1v) is 6.95. The summed E-state index contributed by atoms with van der Waals surface area (Å²) in [6, 6.07) is 18.6. The summed E-state index contributed by atoms with van der Waals surface area (Å²) in [6.45, 7) is 1.21. The maximum atomic E-state index is 12.3. The summed E-state index contributed by atoms with van der Waals surface area (Å²) in [7, 11) is 0. The molecule has 4 nitrogen and oxygen atoms in total. The van der Waals surface area contributed by atoms with Crippen LogP contribution in [0.2, 0.25) is 0 Å². The normalized spacial score (nSPS) is 15.1. The van der Waals surface area contributed by atoms with E-state index in [1.54, 1.807) is 21.9 Å². The molecule has 0 spiro atoms. The van der Waals surface area contributed by atoms with Gasteiger partial charge in [0.25, 0.3) is 5.91 Å². The van der Waals surface area contributed by atoms with Crippen molar-refractivity contribution in [1.82, 2.24) is 4.90 Å². The van der Waals surface area contributed by atoms with E-state index in [1.807, 2.05) is 48.5 Å². The van der Waals surface area contributed by atoms with Crippen LogP contribution in [0.5, 0.6) is 0 Å². The van der Waals surface area contributed by atoms with Gasteiger partial charge in [0.2, 0.25) is 5.91 Å². The maximum Gasteiger partial charge on any atom is 0.254 e. The minimum absolute atomic E-state index is 0.0447. The predicted molar refractivity (Wildman–Crippen MR) is 81.1 cm³/mol. The molecule has 0 saturated carbocycles. The number of anilines is 1. The molecule has 2 aromatic carbocycles. The molecule has 1 heterocycles. The second-order valence-electron chi connectivity index (χ2n) is 4.97. The summed E-state index contributed by atoms with van der Waals surface area (Å²) in [5, 5.41) is 0. The molecule has 1 fully saturated rings. The van der Waals surface area contributed by atoms with Crippen LogP contribution >= 0.6 is 0 Å². The Morgan fingerprint density at radius 1 is 0.857 bits per heavy atom. The maximum absolute atomic E-state index is 12.3. The molecule has 2 aromatic rings. The molecule has 0 unspecified atom stereocenters. The number of para-hydroxylation sites is 1. The van der Waals surface area contributed by atoms with Gasteiger partial charge in [-0.25, -0.2) is 0 Å². The van der Waals surface area contributed by atoms with E-state index in [0.29, 0.717) is 18.7 Å². The highest BCUT2D eigenvalue weighted by molar-refractivity contribution is 6.01. The number of carbonyl (C=O) groups excluding carboxylic acids is 2. The zero-order valence-corrected chi connectivity index (χ0v) is 11.6.